The summed E-state index contributed by atoms with van der Waals surface area (Å²) in [6.45, 7) is 8.49. The van der Waals surface area contributed by atoms with Gasteiger partial charge in [-0.1, -0.05) is 0 Å². The van der Waals surface area contributed by atoms with Crippen LogP contribution in [0, 0.1) is 26.7 Å². The van der Waals surface area contributed by atoms with Gasteiger partial charge in [0.05, 0.1) is 5.69 Å². The Balaban J connectivity index is 1.89. The van der Waals surface area contributed by atoms with E-state index in [0.29, 0.717) is 17.1 Å². The van der Waals surface area contributed by atoms with Crippen molar-refractivity contribution in [3.63, 3.8) is 0 Å². The van der Waals surface area contributed by atoms with Gasteiger partial charge in [0.15, 0.2) is 5.65 Å². The van der Waals surface area contributed by atoms with Gasteiger partial charge in [-0.05, 0) is 59.2 Å². The molecule has 124 valence electrons. The van der Waals surface area contributed by atoms with Gasteiger partial charge in [0.1, 0.15) is 5.56 Å². The summed E-state index contributed by atoms with van der Waals surface area (Å²) in [5, 5.41) is 7.74. The normalized spacial score (nSPS) is 16.3. The number of carbonyl (C=O) groups excluding carboxylic acids is 1. The molecule has 2 aromatic heterocycles. The number of likely N-dealkylation sites (tertiary alicyclic amines) is 1. The third-order valence-corrected chi connectivity index (χ3v) is 4.68. The first-order valence-electron chi connectivity index (χ1n) is 8.28. The van der Waals surface area contributed by atoms with Crippen LogP contribution in [-0.2, 0) is 0 Å². The summed E-state index contributed by atoms with van der Waals surface area (Å²) in [7, 11) is 1.98. The summed E-state index contributed by atoms with van der Waals surface area (Å²) in [4.78, 5) is 19.5. The Morgan fingerprint density at radius 2 is 2.00 bits per heavy atom. The van der Waals surface area contributed by atoms with E-state index in [-0.39, 0.29) is 5.91 Å². The molecule has 1 amide bonds. The number of hydrogen-bond acceptors (Lipinski definition) is 4. The molecular weight excluding hydrogens is 290 g/mol. The molecule has 0 spiro atoms. The number of aryl methyl sites for hydroxylation is 3. The van der Waals surface area contributed by atoms with E-state index in [0.717, 1.165) is 49.6 Å². The highest BCUT2D eigenvalue weighted by Crippen LogP contribution is 2.22. The number of amides is 1. The molecule has 0 aliphatic carbocycles. The van der Waals surface area contributed by atoms with Gasteiger partial charge in [0, 0.05) is 24.5 Å². The summed E-state index contributed by atoms with van der Waals surface area (Å²) in [5.74, 6) is 0.731. The van der Waals surface area contributed by atoms with E-state index in [1.54, 1.807) is 4.52 Å². The first-order valence-corrected chi connectivity index (χ1v) is 8.28. The van der Waals surface area contributed by atoms with Crippen molar-refractivity contribution in [2.24, 2.45) is 5.92 Å². The van der Waals surface area contributed by atoms with Crippen LogP contribution in [-0.4, -0.2) is 52.1 Å². The number of aromatic nitrogens is 3. The number of fused-ring (bicyclic) bond motifs is 1. The van der Waals surface area contributed by atoms with Crippen molar-refractivity contribution < 1.29 is 4.79 Å². The zero-order chi connectivity index (χ0) is 16.6. The smallest absolute Gasteiger partial charge is 0.259 e. The number of nitrogens with one attached hydrogen (secondary N) is 1. The van der Waals surface area contributed by atoms with Crippen molar-refractivity contribution in [3.8, 4) is 0 Å². The highest BCUT2D eigenvalue weighted by atomic mass is 16.2. The molecule has 1 fully saturated rings. The summed E-state index contributed by atoms with van der Waals surface area (Å²) >= 11 is 0. The number of piperidine rings is 1. The lowest BCUT2D eigenvalue weighted by Crippen LogP contribution is -2.40. The van der Waals surface area contributed by atoms with Crippen LogP contribution in [0.3, 0.4) is 0 Å². The molecule has 6 heteroatoms. The fourth-order valence-electron chi connectivity index (χ4n) is 3.46. The van der Waals surface area contributed by atoms with E-state index in [1.165, 1.54) is 0 Å². The van der Waals surface area contributed by atoms with Gasteiger partial charge in [-0.2, -0.15) is 5.10 Å². The lowest BCUT2D eigenvalue weighted by Gasteiger charge is -2.31. The Morgan fingerprint density at radius 3 is 2.65 bits per heavy atom. The monoisotopic (exact) mass is 315 g/mol. The van der Waals surface area contributed by atoms with E-state index in [4.69, 9.17) is 0 Å². The zero-order valence-corrected chi connectivity index (χ0v) is 14.4. The standard InChI is InChI=1S/C17H25N5O/c1-11-9-12(2)22-16(19-11)15(13(3)20-22)17(23)21-7-5-14(6-8-21)10-18-4/h9,14,18H,5-8,10H2,1-4H3. The maximum absolute atomic E-state index is 13.0. The average molecular weight is 315 g/mol. The largest absolute Gasteiger partial charge is 0.338 e. The summed E-state index contributed by atoms with van der Waals surface area (Å²) in [6.07, 6.45) is 2.10. The third-order valence-electron chi connectivity index (χ3n) is 4.68. The number of nitrogens with zero attached hydrogens (tertiary/aromatic N) is 4. The van der Waals surface area contributed by atoms with Gasteiger partial charge in [-0.3, -0.25) is 4.79 Å². The van der Waals surface area contributed by atoms with Gasteiger partial charge in [-0.25, -0.2) is 9.50 Å². The van der Waals surface area contributed by atoms with E-state index in [2.05, 4.69) is 15.4 Å². The average Bonchev–Trinajstić information content (AvgIpc) is 2.84. The van der Waals surface area contributed by atoms with E-state index >= 15 is 0 Å². The molecule has 3 heterocycles. The van der Waals surface area contributed by atoms with Gasteiger partial charge in [0.25, 0.3) is 5.91 Å². The Bertz CT molecular complexity index is 728. The highest BCUT2D eigenvalue weighted by Gasteiger charge is 2.27. The highest BCUT2D eigenvalue weighted by molar-refractivity contribution is 6.01. The minimum Gasteiger partial charge on any atom is -0.338 e. The van der Waals surface area contributed by atoms with Crippen LogP contribution >= 0.6 is 0 Å². The van der Waals surface area contributed by atoms with E-state index < -0.39 is 0 Å². The molecule has 0 bridgehead atoms. The van der Waals surface area contributed by atoms with Gasteiger partial charge >= 0.3 is 0 Å². The molecule has 6 nitrogen and oxygen atoms in total. The van der Waals surface area contributed by atoms with Crippen molar-refractivity contribution in [1.29, 1.82) is 0 Å². The van der Waals surface area contributed by atoms with Crippen LogP contribution in [0.4, 0.5) is 0 Å². The fourth-order valence-corrected chi connectivity index (χ4v) is 3.46. The lowest BCUT2D eigenvalue weighted by molar-refractivity contribution is 0.0692. The molecule has 0 aromatic carbocycles. The summed E-state index contributed by atoms with van der Waals surface area (Å²) in [6, 6.07) is 1.98. The minimum atomic E-state index is 0.0675. The van der Waals surface area contributed by atoms with Crippen molar-refractivity contribution in [2.45, 2.75) is 33.6 Å². The molecule has 1 N–H and O–H groups in total. The van der Waals surface area contributed by atoms with Gasteiger partial charge < -0.3 is 10.2 Å². The second-order valence-electron chi connectivity index (χ2n) is 6.53. The Morgan fingerprint density at radius 1 is 1.30 bits per heavy atom. The molecule has 2 aromatic rings. The van der Waals surface area contributed by atoms with Gasteiger partial charge in [0.2, 0.25) is 0 Å². The van der Waals surface area contributed by atoms with Gasteiger partial charge in [-0.15, -0.1) is 0 Å². The predicted molar refractivity (Wildman–Crippen MR) is 89.8 cm³/mol. The molecule has 1 aliphatic rings. The zero-order valence-electron chi connectivity index (χ0n) is 14.4. The van der Waals surface area contributed by atoms with Crippen LogP contribution in [0.2, 0.25) is 0 Å². The second kappa shape index (κ2) is 6.28. The number of hydrogen-bond donors (Lipinski definition) is 1. The summed E-state index contributed by atoms with van der Waals surface area (Å²) in [5.41, 5.74) is 4.01. The number of rotatable bonds is 3. The predicted octanol–water partition coefficient (Wildman–Crippen LogP) is 1.73. The lowest BCUT2D eigenvalue weighted by atomic mass is 9.96. The van der Waals surface area contributed by atoms with Crippen molar-refractivity contribution in [1.82, 2.24) is 24.8 Å². The molecule has 23 heavy (non-hydrogen) atoms. The quantitative estimate of drug-likeness (QED) is 0.937. The molecule has 1 saturated heterocycles. The SMILES string of the molecule is CNCC1CCN(C(=O)c2c(C)nn3c(C)cc(C)nc23)CC1. The molecule has 0 saturated carbocycles. The molecule has 0 unspecified atom stereocenters. The third kappa shape index (κ3) is 2.95. The molecule has 1 aliphatic heterocycles. The Kier molecular flexibility index (Phi) is 4.35. The topological polar surface area (TPSA) is 62.5 Å². The van der Waals surface area contributed by atoms with E-state index in [9.17, 15) is 4.79 Å². The van der Waals surface area contributed by atoms with E-state index in [1.807, 2.05) is 38.8 Å². The summed E-state index contributed by atoms with van der Waals surface area (Å²) < 4.78 is 1.78. The maximum atomic E-state index is 13.0. The first kappa shape index (κ1) is 15.9. The molecular formula is C17H25N5O. The Hall–Kier alpha value is -1.95. The molecule has 0 atom stereocenters. The van der Waals surface area contributed by atoms with Crippen molar-refractivity contribution in [2.75, 3.05) is 26.7 Å². The van der Waals surface area contributed by atoms with Crippen LogP contribution in [0.1, 0.15) is 40.3 Å². The van der Waals surface area contributed by atoms with Crippen molar-refractivity contribution >= 4 is 11.6 Å². The fraction of sp³-hybridized carbons (Fsp3) is 0.588. The van der Waals surface area contributed by atoms with Crippen LogP contribution in [0.15, 0.2) is 6.07 Å². The van der Waals surface area contributed by atoms with Crippen LogP contribution in [0.25, 0.3) is 5.65 Å². The van der Waals surface area contributed by atoms with Crippen LogP contribution in [0.5, 0.6) is 0 Å². The minimum absolute atomic E-state index is 0.0675. The maximum Gasteiger partial charge on any atom is 0.259 e. The number of carbonyl (C=O) groups is 1. The second-order valence-corrected chi connectivity index (χ2v) is 6.53. The molecule has 3 rings (SSSR count). The van der Waals surface area contributed by atoms with Crippen molar-refractivity contribution in [3.05, 3.63) is 28.7 Å². The molecule has 0 radical (unpaired) electrons. The van der Waals surface area contributed by atoms with Crippen LogP contribution < -0.4 is 5.32 Å². The first-order chi connectivity index (χ1) is 11.0. The Labute approximate surface area is 136 Å².